The number of pyridine rings is 1. The zero-order chi connectivity index (χ0) is 22.8. The fourth-order valence-corrected chi connectivity index (χ4v) is 4.17. The van der Waals surface area contributed by atoms with E-state index >= 15 is 0 Å². The fraction of sp³-hybridized carbons (Fsp3) is 0.292. The number of ether oxygens (including phenoxy) is 2. The highest BCUT2D eigenvalue weighted by atomic mass is 16.5. The summed E-state index contributed by atoms with van der Waals surface area (Å²) >= 11 is 0. The van der Waals surface area contributed by atoms with Crippen molar-refractivity contribution in [2.75, 3.05) is 27.4 Å². The van der Waals surface area contributed by atoms with Crippen LogP contribution in [0, 0.1) is 6.92 Å². The van der Waals surface area contributed by atoms with Gasteiger partial charge in [-0.2, -0.15) is 0 Å². The van der Waals surface area contributed by atoms with E-state index < -0.39 is 17.7 Å². The van der Waals surface area contributed by atoms with Crippen LogP contribution in [0.25, 0.3) is 11.4 Å². The van der Waals surface area contributed by atoms with Crippen molar-refractivity contribution in [3.05, 3.63) is 71.2 Å². The van der Waals surface area contributed by atoms with Crippen LogP contribution in [-0.4, -0.2) is 58.5 Å². The fourth-order valence-electron chi connectivity index (χ4n) is 4.17. The lowest BCUT2D eigenvalue weighted by Crippen LogP contribution is -2.31. The Balaban J connectivity index is 1.91. The third-order valence-corrected chi connectivity index (χ3v) is 5.63. The molecule has 0 radical (unpaired) electrons. The van der Waals surface area contributed by atoms with Gasteiger partial charge in [0.1, 0.15) is 17.1 Å². The minimum atomic E-state index is -0.754. The van der Waals surface area contributed by atoms with Gasteiger partial charge in [0, 0.05) is 26.5 Å². The highest BCUT2D eigenvalue weighted by Crippen LogP contribution is 2.40. The number of fused-ring (bicyclic) bond motifs is 1. The predicted octanol–water partition coefficient (Wildman–Crippen LogP) is 3.11. The second-order valence-electron chi connectivity index (χ2n) is 7.59. The van der Waals surface area contributed by atoms with Crippen molar-refractivity contribution in [3.63, 3.8) is 0 Å². The molecule has 1 unspecified atom stereocenters. The maximum atomic E-state index is 13.2. The van der Waals surface area contributed by atoms with Gasteiger partial charge in [-0.05, 0) is 43.2 Å². The molecular weight excluding hydrogens is 410 g/mol. The van der Waals surface area contributed by atoms with Crippen LogP contribution in [0.5, 0.6) is 5.75 Å². The summed E-state index contributed by atoms with van der Waals surface area (Å²) in [5.41, 5.74) is 2.30. The number of Topliss-reactive ketones (excluding diaryl/α,β-unsaturated/α-hetero) is 1. The van der Waals surface area contributed by atoms with E-state index in [2.05, 4.69) is 4.98 Å². The van der Waals surface area contributed by atoms with Gasteiger partial charge in [-0.3, -0.25) is 14.0 Å². The molecule has 1 N–H and O–H groups in total. The topological polar surface area (TPSA) is 93.4 Å². The molecule has 8 nitrogen and oxygen atoms in total. The Hall–Kier alpha value is -3.65. The summed E-state index contributed by atoms with van der Waals surface area (Å²) in [6.07, 6.45) is 2.32. The van der Waals surface area contributed by atoms with Crippen LogP contribution >= 0.6 is 0 Å². The van der Waals surface area contributed by atoms with E-state index in [-0.39, 0.29) is 11.3 Å². The first-order valence-electron chi connectivity index (χ1n) is 10.3. The van der Waals surface area contributed by atoms with Gasteiger partial charge < -0.3 is 19.5 Å². The summed E-state index contributed by atoms with van der Waals surface area (Å²) in [6.45, 7) is 2.51. The number of imidazole rings is 1. The predicted molar refractivity (Wildman–Crippen MR) is 118 cm³/mol. The summed E-state index contributed by atoms with van der Waals surface area (Å²) in [4.78, 5) is 32.1. The summed E-state index contributed by atoms with van der Waals surface area (Å²) in [7, 11) is 3.14. The molecule has 2 aromatic heterocycles. The third-order valence-electron chi connectivity index (χ3n) is 5.63. The van der Waals surface area contributed by atoms with E-state index in [1.54, 1.807) is 49.9 Å². The number of amides is 1. The van der Waals surface area contributed by atoms with Crippen molar-refractivity contribution in [2.45, 2.75) is 19.4 Å². The van der Waals surface area contributed by atoms with Crippen LogP contribution in [0.4, 0.5) is 0 Å². The number of benzene rings is 1. The van der Waals surface area contributed by atoms with Gasteiger partial charge in [0.15, 0.2) is 5.76 Å². The lowest BCUT2D eigenvalue weighted by atomic mass is 9.96. The molecule has 4 rings (SSSR count). The first-order valence-corrected chi connectivity index (χ1v) is 10.3. The van der Waals surface area contributed by atoms with Gasteiger partial charge in [0.05, 0.1) is 24.4 Å². The lowest BCUT2D eigenvalue weighted by molar-refractivity contribution is -0.140. The average Bonchev–Trinajstić information content (AvgIpc) is 3.27. The third kappa shape index (κ3) is 3.62. The van der Waals surface area contributed by atoms with E-state index in [9.17, 15) is 14.7 Å². The first-order chi connectivity index (χ1) is 15.5. The second kappa shape index (κ2) is 8.84. The lowest BCUT2D eigenvalue weighted by Gasteiger charge is -2.25. The number of aliphatic hydroxyl groups is 1. The van der Waals surface area contributed by atoms with Crippen molar-refractivity contribution in [1.29, 1.82) is 0 Å². The normalized spacial score (nSPS) is 18.0. The highest BCUT2D eigenvalue weighted by molar-refractivity contribution is 6.46. The number of ketones is 1. The molecule has 0 aliphatic carbocycles. The summed E-state index contributed by atoms with van der Waals surface area (Å²) in [5.74, 6) is -1.03. The van der Waals surface area contributed by atoms with Crippen LogP contribution in [0.1, 0.15) is 29.4 Å². The van der Waals surface area contributed by atoms with Crippen molar-refractivity contribution in [2.24, 2.45) is 0 Å². The number of likely N-dealkylation sites (tertiary alicyclic amines) is 1. The van der Waals surface area contributed by atoms with Crippen molar-refractivity contribution in [3.8, 4) is 5.75 Å². The average molecular weight is 435 g/mol. The summed E-state index contributed by atoms with van der Waals surface area (Å²) in [6, 6.07) is 11.9. The number of methoxy groups -OCH3 is 2. The number of aliphatic hydroxyl groups excluding tert-OH is 1. The Kier molecular flexibility index (Phi) is 5.96. The molecule has 0 spiro atoms. The van der Waals surface area contributed by atoms with E-state index in [1.807, 2.05) is 24.3 Å². The number of carbonyl (C=O) groups excluding carboxylic acids is 2. The van der Waals surface area contributed by atoms with Crippen LogP contribution in [0.15, 0.2) is 54.2 Å². The number of carbonyl (C=O) groups is 2. The second-order valence-corrected chi connectivity index (χ2v) is 7.59. The summed E-state index contributed by atoms with van der Waals surface area (Å²) < 4.78 is 12.2. The molecule has 8 heteroatoms. The van der Waals surface area contributed by atoms with Crippen LogP contribution in [-0.2, 0) is 14.3 Å². The maximum absolute atomic E-state index is 13.2. The molecule has 1 atom stereocenters. The smallest absolute Gasteiger partial charge is 0.295 e. The number of aryl methyl sites for hydroxylation is 1. The van der Waals surface area contributed by atoms with Gasteiger partial charge in [-0.1, -0.05) is 18.2 Å². The highest BCUT2D eigenvalue weighted by Gasteiger charge is 2.46. The molecule has 32 heavy (non-hydrogen) atoms. The van der Waals surface area contributed by atoms with Crippen molar-refractivity contribution < 1.29 is 24.2 Å². The number of hydrogen-bond acceptors (Lipinski definition) is 6. The minimum Gasteiger partial charge on any atom is -0.505 e. The SMILES string of the molecule is COCCCN1C(=O)C(=O)/C(=C(/O)c2c(C)nc3ccccn23)C1c1cccc(OC)c1. The summed E-state index contributed by atoms with van der Waals surface area (Å²) in [5, 5.41) is 11.4. The van der Waals surface area contributed by atoms with E-state index in [1.165, 1.54) is 4.90 Å². The molecule has 3 aromatic rings. The van der Waals surface area contributed by atoms with E-state index in [0.29, 0.717) is 47.9 Å². The Morgan fingerprint density at radius 3 is 2.72 bits per heavy atom. The van der Waals surface area contributed by atoms with Gasteiger partial charge in [0.2, 0.25) is 0 Å². The Morgan fingerprint density at radius 2 is 1.97 bits per heavy atom. The number of nitrogens with zero attached hydrogens (tertiary/aromatic N) is 3. The number of aromatic nitrogens is 2. The van der Waals surface area contributed by atoms with Crippen molar-refractivity contribution >= 4 is 23.1 Å². The molecule has 1 aliphatic rings. The molecule has 1 aliphatic heterocycles. The van der Waals surface area contributed by atoms with Gasteiger partial charge in [-0.15, -0.1) is 0 Å². The molecular formula is C24H25N3O5. The molecule has 1 fully saturated rings. The molecule has 1 aromatic carbocycles. The zero-order valence-corrected chi connectivity index (χ0v) is 18.2. The van der Waals surface area contributed by atoms with Crippen LogP contribution in [0.3, 0.4) is 0 Å². The van der Waals surface area contributed by atoms with Gasteiger partial charge in [-0.25, -0.2) is 4.98 Å². The molecule has 1 amide bonds. The van der Waals surface area contributed by atoms with E-state index in [4.69, 9.17) is 9.47 Å². The molecule has 3 heterocycles. The zero-order valence-electron chi connectivity index (χ0n) is 18.2. The largest absolute Gasteiger partial charge is 0.505 e. The Bertz CT molecular complexity index is 1210. The molecule has 1 saturated heterocycles. The molecule has 166 valence electrons. The quantitative estimate of drug-likeness (QED) is 0.265. The van der Waals surface area contributed by atoms with Crippen molar-refractivity contribution in [1.82, 2.24) is 14.3 Å². The van der Waals surface area contributed by atoms with Crippen LogP contribution < -0.4 is 4.74 Å². The Morgan fingerprint density at radius 1 is 1.16 bits per heavy atom. The molecule has 0 saturated carbocycles. The minimum absolute atomic E-state index is 0.0365. The van der Waals surface area contributed by atoms with Gasteiger partial charge in [0.25, 0.3) is 11.7 Å². The van der Waals surface area contributed by atoms with E-state index in [0.717, 1.165) is 0 Å². The first kappa shape index (κ1) is 21.6. The standard InChI is InChI=1S/C24H25N3O5/c1-15-20(26-11-5-4-10-18(26)25-15)22(28)19-21(16-8-6-9-17(14-16)32-3)27(12-7-13-31-2)24(30)23(19)29/h4-6,8-11,14,21,28H,7,12-13H2,1-3H3/b22-19+. The Labute approximate surface area is 185 Å². The molecule has 0 bridgehead atoms. The number of hydrogen-bond donors (Lipinski definition) is 1. The number of rotatable bonds is 7. The van der Waals surface area contributed by atoms with Gasteiger partial charge >= 0.3 is 0 Å². The monoisotopic (exact) mass is 435 g/mol. The van der Waals surface area contributed by atoms with Crippen LogP contribution in [0.2, 0.25) is 0 Å². The maximum Gasteiger partial charge on any atom is 0.295 e.